The lowest BCUT2D eigenvalue weighted by molar-refractivity contribution is -0.0295. The molecule has 0 aromatic heterocycles. The van der Waals surface area contributed by atoms with Crippen LogP contribution >= 0.6 is 0 Å². The monoisotopic (exact) mass is 215 g/mol. The lowest BCUT2D eigenvalue weighted by atomic mass is 10.3. The fourth-order valence-corrected chi connectivity index (χ4v) is 1.55. The molecule has 1 atom stereocenters. The number of benzene rings is 2. The number of para-hydroxylation sites is 2. The van der Waals surface area contributed by atoms with Crippen LogP contribution in [0.2, 0.25) is 0 Å². The van der Waals surface area contributed by atoms with Gasteiger partial charge in [0.2, 0.25) is 0 Å². The van der Waals surface area contributed by atoms with Gasteiger partial charge in [-0.1, -0.05) is 41.2 Å². The second-order valence-corrected chi connectivity index (χ2v) is 3.77. The molecular formula is C13H15N2O+. The second kappa shape index (κ2) is 4.35. The summed E-state index contributed by atoms with van der Waals surface area (Å²) in [5.74, 6) is 0. The van der Waals surface area contributed by atoms with E-state index in [1.54, 1.807) is 7.05 Å². The molecule has 0 spiro atoms. The topological polar surface area (TPSA) is 32.3 Å². The highest BCUT2D eigenvalue weighted by molar-refractivity contribution is 5.49. The van der Waals surface area contributed by atoms with Crippen molar-refractivity contribution in [3.05, 3.63) is 60.7 Å². The van der Waals surface area contributed by atoms with Crippen molar-refractivity contribution in [3.63, 3.8) is 0 Å². The van der Waals surface area contributed by atoms with Crippen LogP contribution in [0, 0.1) is 0 Å². The van der Waals surface area contributed by atoms with Gasteiger partial charge in [0, 0.05) is 12.1 Å². The lowest BCUT2D eigenvalue weighted by Gasteiger charge is -2.25. The van der Waals surface area contributed by atoms with Gasteiger partial charge in [-0.3, -0.25) is 0 Å². The van der Waals surface area contributed by atoms with Gasteiger partial charge >= 0.3 is 0 Å². The molecule has 16 heavy (non-hydrogen) atoms. The fraction of sp³-hybridized carbons (Fsp3) is 0.0769. The summed E-state index contributed by atoms with van der Waals surface area (Å²) in [6.07, 6.45) is 0. The molecule has 2 aromatic carbocycles. The molecule has 2 aromatic rings. The van der Waals surface area contributed by atoms with E-state index in [0.717, 1.165) is 11.4 Å². The van der Waals surface area contributed by atoms with Gasteiger partial charge in [0.1, 0.15) is 7.05 Å². The second-order valence-electron chi connectivity index (χ2n) is 3.77. The van der Waals surface area contributed by atoms with Gasteiger partial charge in [0.05, 0.1) is 5.69 Å². The van der Waals surface area contributed by atoms with Crippen LogP contribution in [-0.4, -0.2) is 12.3 Å². The SMILES string of the molecule is C[N+](O)(Nc1ccccc1)c1ccccc1. The number of quaternary nitrogens is 1. The molecule has 3 nitrogen and oxygen atoms in total. The van der Waals surface area contributed by atoms with E-state index < -0.39 is 0 Å². The molecule has 2 N–H and O–H groups in total. The molecule has 0 saturated carbocycles. The highest BCUT2D eigenvalue weighted by Crippen LogP contribution is 2.19. The Balaban J connectivity index is 2.21. The molecule has 1 unspecified atom stereocenters. The van der Waals surface area contributed by atoms with Crippen LogP contribution in [0.5, 0.6) is 0 Å². The first-order valence-corrected chi connectivity index (χ1v) is 5.17. The number of hydrogen-bond acceptors (Lipinski definition) is 2. The standard InChI is InChI=1S/C13H15N2O/c1-15(16,13-10-6-3-7-11-13)14-12-8-4-2-5-9-12/h2-11,14,16H,1H3/q+1. The Hall–Kier alpha value is -1.84. The Morgan fingerprint density at radius 1 is 0.875 bits per heavy atom. The zero-order chi connectivity index (χ0) is 11.4. The van der Waals surface area contributed by atoms with Gasteiger partial charge in [0.15, 0.2) is 5.69 Å². The van der Waals surface area contributed by atoms with Gasteiger partial charge in [0.25, 0.3) is 0 Å². The molecule has 0 aliphatic heterocycles. The quantitative estimate of drug-likeness (QED) is 0.609. The van der Waals surface area contributed by atoms with E-state index >= 15 is 0 Å². The number of rotatable bonds is 3. The molecule has 82 valence electrons. The van der Waals surface area contributed by atoms with Crippen LogP contribution in [0.25, 0.3) is 0 Å². The van der Waals surface area contributed by atoms with Gasteiger partial charge in [-0.05, 0) is 12.1 Å². The number of anilines is 1. The molecule has 0 amide bonds. The molecule has 2 rings (SSSR count). The van der Waals surface area contributed by atoms with Crippen LogP contribution in [-0.2, 0) is 0 Å². The smallest absolute Gasteiger partial charge is 0.190 e. The van der Waals surface area contributed by atoms with Crippen LogP contribution in [0.15, 0.2) is 60.7 Å². The first-order chi connectivity index (χ1) is 7.68. The summed E-state index contributed by atoms with van der Waals surface area (Å²) in [7, 11) is 1.68. The molecule has 0 aliphatic rings. The summed E-state index contributed by atoms with van der Waals surface area (Å²) in [4.78, 5) is 0. The van der Waals surface area contributed by atoms with E-state index in [1.807, 2.05) is 60.7 Å². The minimum atomic E-state index is -0.370. The maximum Gasteiger partial charge on any atom is 0.190 e. The molecule has 0 fully saturated rings. The Morgan fingerprint density at radius 2 is 1.38 bits per heavy atom. The third-order valence-corrected chi connectivity index (χ3v) is 2.38. The highest BCUT2D eigenvalue weighted by Gasteiger charge is 2.22. The largest absolute Gasteiger partial charge is 0.199 e. The predicted molar refractivity (Wildman–Crippen MR) is 66.0 cm³/mol. The number of nitrogens with zero attached hydrogens (tertiary/aromatic N) is 1. The van der Waals surface area contributed by atoms with Crippen molar-refractivity contribution in [2.24, 2.45) is 0 Å². The number of hydrogen-bond donors (Lipinski definition) is 2. The average Bonchev–Trinajstić information content (AvgIpc) is 2.31. The van der Waals surface area contributed by atoms with Crippen LogP contribution in [0.4, 0.5) is 11.4 Å². The minimum absolute atomic E-state index is 0.370. The first kappa shape index (κ1) is 10.7. The summed E-state index contributed by atoms with van der Waals surface area (Å²) in [5, 5.41) is 10.3. The summed E-state index contributed by atoms with van der Waals surface area (Å²) >= 11 is 0. The zero-order valence-electron chi connectivity index (χ0n) is 9.17. The van der Waals surface area contributed by atoms with Crippen molar-refractivity contribution in [2.75, 3.05) is 12.5 Å². The Labute approximate surface area is 95.1 Å². The molecule has 0 saturated heterocycles. The highest BCUT2D eigenvalue weighted by atomic mass is 16.6. The van der Waals surface area contributed by atoms with Gasteiger partial charge < -0.3 is 0 Å². The summed E-state index contributed by atoms with van der Waals surface area (Å²) in [6, 6.07) is 19.1. The Bertz CT molecular complexity index is 440. The van der Waals surface area contributed by atoms with Gasteiger partial charge in [-0.25, -0.2) is 0 Å². The lowest BCUT2D eigenvalue weighted by Crippen LogP contribution is -2.46. The van der Waals surface area contributed by atoms with Crippen molar-refractivity contribution in [3.8, 4) is 0 Å². The number of nitrogens with one attached hydrogen (secondary N) is 1. The van der Waals surface area contributed by atoms with E-state index in [1.165, 1.54) is 0 Å². The molecule has 0 radical (unpaired) electrons. The van der Waals surface area contributed by atoms with E-state index in [9.17, 15) is 5.21 Å². The van der Waals surface area contributed by atoms with Crippen molar-refractivity contribution >= 4 is 11.4 Å². The van der Waals surface area contributed by atoms with E-state index in [4.69, 9.17) is 0 Å². The Morgan fingerprint density at radius 3 is 1.94 bits per heavy atom. The van der Waals surface area contributed by atoms with Crippen molar-refractivity contribution < 1.29 is 5.21 Å². The van der Waals surface area contributed by atoms with E-state index in [-0.39, 0.29) is 4.76 Å². The van der Waals surface area contributed by atoms with Crippen LogP contribution in [0.1, 0.15) is 0 Å². The minimum Gasteiger partial charge on any atom is -0.199 e. The zero-order valence-corrected chi connectivity index (χ0v) is 9.17. The number of hydroxylamine groups is 1. The molecular weight excluding hydrogens is 200 g/mol. The molecule has 3 heteroatoms. The van der Waals surface area contributed by atoms with Crippen molar-refractivity contribution in [1.82, 2.24) is 4.76 Å². The summed E-state index contributed by atoms with van der Waals surface area (Å²) in [5.41, 5.74) is 4.68. The van der Waals surface area contributed by atoms with E-state index in [2.05, 4.69) is 5.43 Å². The third-order valence-electron chi connectivity index (χ3n) is 2.38. The average molecular weight is 215 g/mol. The van der Waals surface area contributed by atoms with Gasteiger partial charge in [-0.2, -0.15) is 10.6 Å². The third kappa shape index (κ3) is 2.39. The molecule has 0 heterocycles. The van der Waals surface area contributed by atoms with Crippen LogP contribution < -0.4 is 10.2 Å². The molecule has 0 aliphatic carbocycles. The van der Waals surface area contributed by atoms with Crippen molar-refractivity contribution in [2.45, 2.75) is 0 Å². The predicted octanol–water partition coefficient (Wildman–Crippen LogP) is 3.04. The van der Waals surface area contributed by atoms with Crippen LogP contribution in [0.3, 0.4) is 0 Å². The Kier molecular flexibility index (Phi) is 2.90. The first-order valence-electron chi connectivity index (χ1n) is 5.17. The summed E-state index contributed by atoms with van der Waals surface area (Å²) in [6.45, 7) is 0. The summed E-state index contributed by atoms with van der Waals surface area (Å²) < 4.78 is -0.370. The van der Waals surface area contributed by atoms with Gasteiger partial charge in [-0.15, -0.1) is 0 Å². The van der Waals surface area contributed by atoms with E-state index in [0.29, 0.717) is 0 Å². The fourth-order valence-electron chi connectivity index (χ4n) is 1.55. The van der Waals surface area contributed by atoms with Crippen molar-refractivity contribution in [1.29, 1.82) is 0 Å². The molecule has 0 bridgehead atoms. The maximum absolute atomic E-state index is 10.3. The normalized spacial score (nSPS) is 14.1. The maximum atomic E-state index is 10.3.